The van der Waals surface area contributed by atoms with E-state index in [0.717, 1.165) is 65.8 Å². The number of rotatable bonds is 14. The first-order valence-electron chi connectivity index (χ1n) is 31.8. The van der Waals surface area contributed by atoms with Gasteiger partial charge in [0.15, 0.2) is 23.1 Å². The van der Waals surface area contributed by atoms with Gasteiger partial charge in [-0.3, -0.25) is 19.2 Å². The van der Waals surface area contributed by atoms with Crippen molar-refractivity contribution in [3.8, 4) is 32.6 Å². The van der Waals surface area contributed by atoms with Crippen LogP contribution in [-0.2, 0) is 75.8 Å². The first-order valence-corrected chi connectivity index (χ1v) is 33.4. The number of hydrogen-bond donors (Lipinski definition) is 0. The Labute approximate surface area is 575 Å². The standard InChI is InChI=1S/C82H48N2O14S2/c85-69-57-33-53-29-49-25-13-14-26-50(49)30-54(53)34-58(57)70(86)63(69)39-67-83-75-73(99-67)61-38-66-62(37-65(61)81(97-75,77(89)93-41-45-17-5-1-6-18-45)78(90)94-42-46-19-7-2-8-20-46)74-76(98-82(66,79(91)95-43-47-21-9-3-10-22-47)80(92)96-44-48-23-11-4-12-24-48)84-68(100-74)40-64-71(87)59-35-55-31-51-27-15-16-28-52(51)32-56(55)36-60(59)72(64)88/h1-40H,41-44H2. The van der Waals surface area contributed by atoms with Crippen molar-refractivity contribution in [3.63, 3.8) is 0 Å². The summed E-state index contributed by atoms with van der Waals surface area (Å²) in [6.07, 6.45) is 2.63. The van der Waals surface area contributed by atoms with Crippen molar-refractivity contribution >= 4 is 125 Å². The van der Waals surface area contributed by atoms with Crippen LogP contribution in [0.4, 0.5) is 0 Å². The Bertz CT molecular complexity index is 5180. The molecule has 17 rings (SSSR count). The van der Waals surface area contributed by atoms with Crippen molar-refractivity contribution in [2.75, 3.05) is 0 Å². The molecule has 0 unspecified atom stereocenters. The van der Waals surface area contributed by atoms with E-state index in [0.29, 0.717) is 22.3 Å². The molecular formula is C82H48N2O14S2. The predicted molar refractivity (Wildman–Crippen MR) is 374 cm³/mol. The summed E-state index contributed by atoms with van der Waals surface area (Å²) in [5.41, 5.74) is -4.08. The van der Waals surface area contributed by atoms with E-state index in [-0.39, 0.29) is 114 Å². The maximum absolute atomic E-state index is 15.9. The number of Topliss-reactive ketones (excluding diaryl/α,β-unsaturated/α-hetero) is 4. The van der Waals surface area contributed by atoms with Gasteiger partial charge in [0, 0.05) is 44.5 Å². The SMILES string of the molecule is O=C1C(=Cc2nc3c(s2)-c2cc4c(cc2C(C(=O)OCc2ccccc2)(C(=O)OCc2ccccc2)O3)-c2sc(C=C3C(=O)c5cc6cc7ccccc7cc6cc5C3=O)nc2OC4(C(=O)OCc2ccccc2)C(=O)OCc2ccccc2)C(=O)c2cc3cc4ccccc4cc3cc21. The molecule has 13 aromatic rings. The molecular weight excluding hydrogens is 1300 g/mol. The summed E-state index contributed by atoms with van der Waals surface area (Å²) in [5, 5.41) is 6.76. The average Bonchev–Trinajstić information content (AvgIpc) is 1.23. The fraction of sp³-hybridized carbons (Fsp3) is 0.0732. The molecule has 0 spiro atoms. The normalized spacial score (nSPS) is 14.3. The molecule has 0 fully saturated rings. The van der Waals surface area contributed by atoms with Gasteiger partial charge in [0.25, 0.3) is 0 Å². The zero-order valence-corrected chi connectivity index (χ0v) is 54.0. The highest BCUT2D eigenvalue weighted by Crippen LogP contribution is 2.57. The third-order valence-electron chi connectivity index (χ3n) is 18.3. The van der Waals surface area contributed by atoms with Gasteiger partial charge >= 0.3 is 35.1 Å². The number of carbonyl (C=O) groups excluding carboxylic acids is 8. The minimum absolute atomic E-state index is 0.00809. The summed E-state index contributed by atoms with van der Waals surface area (Å²) < 4.78 is 38.3. The Morgan fingerprint density at radius 2 is 0.590 bits per heavy atom. The van der Waals surface area contributed by atoms with E-state index in [4.69, 9.17) is 38.4 Å². The van der Waals surface area contributed by atoms with E-state index in [1.807, 2.05) is 72.8 Å². The predicted octanol–water partition coefficient (Wildman–Crippen LogP) is 15.6. The number of aromatic nitrogens is 2. The van der Waals surface area contributed by atoms with E-state index < -0.39 is 58.2 Å². The maximum atomic E-state index is 15.9. The number of nitrogens with zero attached hydrogens (tertiary/aromatic N) is 2. The minimum Gasteiger partial charge on any atom is -0.457 e. The number of esters is 4. The van der Waals surface area contributed by atoms with Crippen molar-refractivity contribution in [1.82, 2.24) is 9.97 Å². The molecule has 4 heterocycles. The lowest BCUT2D eigenvalue weighted by atomic mass is 9.79. The summed E-state index contributed by atoms with van der Waals surface area (Å²) in [4.78, 5) is 132. The third kappa shape index (κ3) is 10.3. The molecule has 2 aliphatic carbocycles. The van der Waals surface area contributed by atoms with Crippen LogP contribution in [0.15, 0.2) is 242 Å². The van der Waals surface area contributed by atoms with Gasteiger partial charge in [0.2, 0.25) is 11.8 Å². The molecule has 0 atom stereocenters. The average molecular weight is 1350 g/mol. The fourth-order valence-electron chi connectivity index (χ4n) is 13.3. The molecule has 0 saturated heterocycles. The zero-order chi connectivity index (χ0) is 68.0. The van der Waals surface area contributed by atoms with Crippen molar-refractivity contribution < 1.29 is 66.8 Å². The second-order valence-corrected chi connectivity index (χ2v) is 26.5. The van der Waals surface area contributed by atoms with Gasteiger partial charge in [0.05, 0.1) is 20.9 Å². The second-order valence-electron chi connectivity index (χ2n) is 24.5. The van der Waals surface area contributed by atoms with Gasteiger partial charge in [-0.05, 0) is 138 Å². The lowest BCUT2D eigenvalue weighted by Gasteiger charge is -2.38. The highest BCUT2D eigenvalue weighted by Gasteiger charge is 2.63. The summed E-state index contributed by atoms with van der Waals surface area (Å²) in [6.45, 7) is -1.51. The molecule has 0 N–H and O–H groups in total. The lowest BCUT2D eigenvalue weighted by molar-refractivity contribution is -0.185. The number of benzene rings is 11. The quantitative estimate of drug-likeness (QED) is 0.0247. The molecule has 0 amide bonds. The summed E-state index contributed by atoms with van der Waals surface area (Å²) in [7, 11) is 0. The Hall–Kier alpha value is -12.6. The summed E-state index contributed by atoms with van der Waals surface area (Å²) in [5.74, 6) is -8.14. The van der Waals surface area contributed by atoms with Crippen molar-refractivity contribution in [3.05, 3.63) is 307 Å². The number of allylic oxidation sites excluding steroid dienone is 2. The number of hydrogen-bond acceptors (Lipinski definition) is 18. The van der Waals surface area contributed by atoms with Crippen LogP contribution in [-0.4, -0.2) is 57.0 Å². The van der Waals surface area contributed by atoms with Gasteiger partial charge in [-0.25, -0.2) is 29.1 Å². The number of ketones is 4. The van der Waals surface area contributed by atoms with E-state index in [2.05, 4.69) is 0 Å². The van der Waals surface area contributed by atoms with E-state index >= 15 is 19.2 Å². The number of thiazole rings is 2. The largest absolute Gasteiger partial charge is 0.457 e. The topological polar surface area (TPSA) is 218 Å². The van der Waals surface area contributed by atoms with Crippen molar-refractivity contribution in [2.24, 2.45) is 0 Å². The van der Waals surface area contributed by atoms with Crippen molar-refractivity contribution in [2.45, 2.75) is 37.6 Å². The van der Waals surface area contributed by atoms with Crippen LogP contribution < -0.4 is 9.47 Å². The van der Waals surface area contributed by atoms with Gasteiger partial charge in [-0.15, -0.1) is 22.7 Å². The lowest BCUT2D eigenvalue weighted by Crippen LogP contribution is -2.54. The highest BCUT2D eigenvalue weighted by molar-refractivity contribution is 7.17. The first kappa shape index (κ1) is 61.0. The molecule has 0 radical (unpaired) electrons. The molecule has 18 heteroatoms. The molecule has 2 aromatic heterocycles. The maximum Gasteiger partial charge on any atom is 0.367 e. The monoisotopic (exact) mass is 1350 g/mol. The van der Waals surface area contributed by atoms with Crippen LogP contribution in [0.5, 0.6) is 11.8 Å². The van der Waals surface area contributed by atoms with E-state index in [1.165, 1.54) is 24.3 Å². The molecule has 482 valence electrons. The van der Waals surface area contributed by atoms with Crippen molar-refractivity contribution in [1.29, 1.82) is 0 Å². The third-order valence-corrected chi connectivity index (χ3v) is 20.3. The number of carbonyl (C=O) groups is 8. The van der Waals surface area contributed by atoms with Gasteiger partial charge < -0.3 is 28.4 Å². The summed E-state index contributed by atoms with van der Waals surface area (Å²) >= 11 is 1.81. The van der Waals surface area contributed by atoms with Crippen LogP contribution >= 0.6 is 22.7 Å². The van der Waals surface area contributed by atoms with Crippen LogP contribution in [0, 0.1) is 0 Å². The highest BCUT2D eigenvalue weighted by atomic mass is 32.1. The number of ether oxygens (including phenoxy) is 6. The van der Waals surface area contributed by atoms with Crippen LogP contribution in [0.3, 0.4) is 0 Å². The van der Waals surface area contributed by atoms with E-state index in [1.54, 1.807) is 146 Å². The van der Waals surface area contributed by atoms with Gasteiger partial charge in [-0.2, -0.15) is 0 Å². The number of fused-ring (bicyclic) bond motifs is 12. The molecule has 4 aliphatic rings. The minimum atomic E-state index is -2.96. The van der Waals surface area contributed by atoms with Gasteiger partial charge in [0.1, 0.15) is 36.4 Å². The Balaban J connectivity index is 0.871. The Morgan fingerprint density at radius 1 is 0.330 bits per heavy atom. The Morgan fingerprint density at radius 3 is 0.860 bits per heavy atom. The molecule has 11 aromatic carbocycles. The molecule has 100 heavy (non-hydrogen) atoms. The molecule has 2 aliphatic heterocycles. The second kappa shape index (κ2) is 24.2. The first-order chi connectivity index (χ1) is 48.8. The smallest absolute Gasteiger partial charge is 0.367 e. The summed E-state index contributed by atoms with van der Waals surface area (Å²) in [6, 6.07) is 67.6. The zero-order valence-electron chi connectivity index (χ0n) is 52.3. The van der Waals surface area contributed by atoms with Crippen LogP contribution in [0.1, 0.15) is 84.8 Å². The Kier molecular flexibility index (Phi) is 14.7. The van der Waals surface area contributed by atoms with E-state index in [9.17, 15) is 19.2 Å². The molecule has 0 saturated carbocycles. The molecule has 16 nitrogen and oxygen atoms in total. The van der Waals surface area contributed by atoms with Gasteiger partial charge in [-0.1, -0.05) is 170 Å². The van der Waals surface area contributed by atoms with Crippen LogP contribution in [0.2, 0.25) is 0 Å². The molecule has 0 bridgehead atoms. The van der Waals surface area contributed by atoms with Crippen LogP contribution in [0.25, 0.3) is 76.1 Å². The fourth-order valence-corrected chi connectivity index (χ4v) is 15.2.